The molecule has 0 N–H and O–H groups in total. The monoisotopic (exact) mass is 534 g/mol. The zero-order valence-corrected chi connectivity index (χ0v) is 22.0. The van der Waals surface area contributed by atoms with Gasteiger partial charge in [0.15, 0.2) is 5.75 Å². The van der Waals surface area contributed by atoms with Crippen molar-refractivity contribution >= 4 is 32.5 Å². The molecule has 184 valence electrons. The van der Waals surface area contributed by atoms with Crippen molar-refractivity contribution in [3.05, 3.63) is 64.3 Å². The normalized spacial score (nSPS) is 20.4. The van der Waals surface area contributed by atoms with Gasteiger partial charge in [-0.1, -0.05) is 47.7 Å². The molecule has 1 saturated heterocycles. The molecule has 6 heteroatoms. The Morgan fingerprint density at radius 3 is 2.49 bits per heavy atom. The number of hydrogen-bond donors (Lipinski definition) is 0. The lowest BCUT2D eigenvalue weighted by molar-refractivity contribution is 0.0503. The minimum absolute atomic E-state index is 0.653. The summed E-state index contributed by atoms with van der Waals surface area (Å²) in [5.41, 5.74) is 5.05. The molecule has 1 aromatic heterocycles. The summed E-state index contributed by atoms with van der Waals surface area (Å²) >= 11 is 3.55. The molecule has 0 amide bonds. The molecule has 6 rings (SSSR count). The van der Waals surface area contributed by atoms with Crippen molar-refractivity contribution in [1.82, 2.24) is 14.8 Å². The second kappa shape index (κ2) is 10.5. The number of piperazine rings is 1. The van der Waals surface area contributed by atoms with Gasteiger partial charge in [0.2, 0.25) is 0 Å². The third-order valence-electron chi connectivity index (χ3n) is 8.06. The van der Waals surface area contributed by atoms with Gasteiger partial charge in [0, 0.05) is 72.6 Å². The fourth-order valence-electron chi connectivity index (χ4n) is 6.09. The van der Waals surface area contributed by atoms with E-state index in [1.165, 1.54) is 60.7 Å². The van der Waals surface area contributed by atoms with Crippen molar-refractivity contribution in [2.45, 2.75) is 57.7 Å². The average molecular weight is 536 g/mol. The maximum atomic E-state index is 6.40. The van der Waals surface area contributed by atoms with Crippen LogP contribution in [0.5, 0.6) is 5.75 Å². The Bertz CT molecular complexity index is 1150. The summed E-state index contributed by atoms with van der Waals surface area (Å²) in [5.74, 6) is 1.01. The molecule has 0 unspecified atom stereocenters. The predicted molar refractivity (Wildman–Crippen MR) is 146 cm³/mol. The average Bonchev–Trinajstić information content (AvgIpc) is 3.19. The first-order valence-electron chi connectivity index (χ1n) is 13.2. The van der Waals surface area contributed by atoms with Crippen LogP contribution in [0.25, 0.3) is 10.9 Å². The molecule has 35 heavy (non-hydrogen) atoms. The Morgan fingerprint density at radius 1 is 0.943 bits per heavy atom. The number of nitrogens with zero attached hydrogens (tertiary/aromatic N) is 4. The lowest BCUT2D eigenvalue weighted by atomic mass is 9.99. The molecular formula is C29H35BrN4O. The molecular weight excluding hydrogens is 500 g/mol. The quantitative estimate of drug-likeness (QED) is 0.372. The van der Waals surface area contributed by atoms with E-state index < -0.39 is 0 Å². The first kappa shape index (κ1) is 23.3. The van der Waals surface area contributed by atoms with E-state index in [0.717, 1.165) is 55.0 Å². The van der Waals surface area contributed by atoms with Crippen molar-refractivity contribution in [3.63, 3.8) is 0 Å². The Labute approximate surface area is 217 Å². The van der Waals surface area contributed by atoms with Crippen molar-refractivity contribution in [3.8, 4) is 5.75 Å². The van der Waals surface area contributed by atoms with E-state index in [1.54, 1.807) is 0 Å². The second-order valence-corrected chi connectivity index (χ2v) is 11.2. The lowest BCUT2D eigenvalue weighted by Crippen LogP contribution is -2.46. The highest BCUT2D eigenvalue weighted by atomic mass is 79.9. The van der Waals surface area contributed by atoms with Gasteiger partial charge in [-0.15, -0.1) is 0 Å². The topological polar surface area (TPSA) is 31.8 Å². The highest BCUT2D eigenvalue weighted by Gasteiger charge is 2.28. The number of benzene rings is 2. The summed E-state index contributed by atoms with van der Waals surface area (Å²) in [6, 6.07) is 16.0. The van der Waals surface area contributed by atoms with Crippen molar-refractivity contribution in [1.29, 1.82) is 0 Å². The van der Waals surface area contributed by atoms with Crippen LogP contribution in [0.15, 0.2) is 53.1 Å². The molecule has 3 aliphatic rings. The molecule has 2 fully saturated rings. The van der Waals surface area contributed by atoms with Crippen LogP contribution < -0.4 is 9.64 Å². The molecule has 2 aliphatic heterocycles. The molecule has 1 aliphatic carbocycles. The van der Waals surface area contributed by atoms with Crippen LogP contribution in [0.4, 0.5) is 5.69 Å². The standard InChI is InChI=1S/C29H35BrN4O/c30-24-9-11-26(12-10-24)33-16-14-32(15-17-33)19-22-18-23-20-34(25-6-3-1-2-4-7-25)21-35-29(23)28-27(22)8-5-13-31-28/h5,8-13,18,25H,1-4,6-7,14-17,19-21H2. The molecule has 1 saturated carbocycles. The number of fused-ring (bicyclic) bond motifs is 3. The van der Waals surface area contributed by atoms with Gasteiger partial charge in [-0.2, -0.15) is 0 Å². The molecule has 0 bridgehead atoms. The number of hydrogen-bond acceptors (Lipinski definition) is 5. The first-order valence-corrected chi connectivity index (χ1v) is 14.0. The summed E-state index contributed by atoms with van der Waals surface area (Å²) < 4.78 is 7.53. The van der Waals surface area contributed by atoms with Gasteiger partial charge in [0.1, 0.15) is 12.2 Å². The molecule has 2 aromatic carbocycles. The fraction of sp³-hybridized carbons (Fsp3) is 0.483. The van der Waals surface area contributed by atoms with Gasteiger partial charge >= 0.3 is 0 Å². The van der Waals surface area contributed by atoms with Crippen LogP contribution in [0.1, 0.15) is 49.7 Å². The second-order valence-electron chi connectivity index (χ2n) is 10.3. The van der Waals surface area contributed by atoms with E-state index in [-0.39, 0.29) is 0 Å². The summed E-state index contributed by atoms with van der Waals surface area (Å²) in [4.78, 5) is 12.4. The van der Waals surface area contributed by atoms with Crippen LogP contribution in [-0.4, -0.2) is 53.7 Å². The minimum atomic E-state index is 0.653. The zero-order chi connectivity index (χ0) is 23.6. The van der Waals surface area contributed by atoms with Gasteiger partial charge in [-0.25, -0.2) is 0 Å². The first-order chi connectivity index (χ1) is 17.2. The number of pyridine rings is 1. The largest absolute Gasteiger partial charge is 0.475 e. The fourth-order valence-corrected chi connectivity index (χ4v) is 6.35. The summed E-state index contributed by atoms with van der Waals surface area (Å²) in [6.07, 6.45) is 9.99. The van der Waals surface area contributed by atoms with Crippen molar-refractivity contribution in [2.24, 2.45) is 0 Å². The third-order valence-corrected chi connectivity index (χ3v) is 8.58. The van der Waals surface area contributed by atoms with Crippen molar-refractivity contribution in [2.75, 3.05) is 37.8 Å². The van der Waals surface area contributed by atoms with E-state index in [1.807, 2.05) is 6.20 Å². The van der Waals surface area contributed by atoms with Crippen LogP contribution >= 0.6 is 15.9 Å². The minimum Gasteiger partial charge on any atom is -0.475 e. The van der Waals surface area contributed by atoms with E-state index >= 15 is 0 Å². The maximum Gasteiger partial charge on any atom is 0.152 e. The zero-order valence-electron chi connectivity index (χ0n) is 20.5. The third kappa shape index (κ3) is 5.07. The molecule has 0 radical (unpaired) electrons. The van der Waals surface area contributed by atoms with Crippen molar-refractivity contribution < 1.29 is 4.74 Å². The highest BCUT2D eigenvalue weighted by Crippen LogP contribution is 2.37. The van der Waals surface area contributed by atoms with Crippen LogP contribution in [0.3, 0.4) is 0 Å². The number of aromatic nitrogens is 1. The summed E-state index contributed by atoms with van der Waals surface area (Å²) in [6.45, 7) is 6.90. The number of anilines is 1. The Morgan fingerprint density at radius 2 is 1.71 bits per heavy atom. The molecule has 3 aromatic rings. The predicted octanol–water partition coefficient (Wildman–Crippen LogP) is 6.19. The van der Waals surface area contributed by atoms with Gasteiger partial charge in [0.05, 0.1) is 0 Å². The van der Waals surface area contributed by atoms with E-state index in [0.29, 0.717) is 12.8 Å². The van der Waals surface area contributed by atoms with Gasteiger partial charge in [-0.3, -0.25) is 14.8 Å². The maximum absolute atomic E-state index is 6.40. The van der Waals surface area contributed by atoms with Crippen LogP contribution in [-0.2, 0) is 13.1 Å². The Hall–Kier alpha value is -2.15. The number of halogens is 1. The molecule has 0 atom stereocenters. The number of ether oxygens (including phenoxy) is 1. The Kier molecular flexibility index (Phi) is 6.95. The highest BCUT2D eigenvalue weighted by molar-refractivity contribution is 9.10. The molecule has 0 spiro atoms. The van der Waals surface area contributed by atoms with Gasteiger partial charge in [-0.05, 0) is 54.8 Å². The smallest absolute Gasteiger partial charge is 0.152 e. The molecule has 3 heterocycles. The van der Waals surface area contributed by atoms with Gasteiger partial charge < -0.3 is 9.64 Å². The van der Waals surface area contributed by atoms with E-state index in [9.17, 15) is 0 Å². The van der Waals surface area contributed by atoms with E-state index in [2.05, 4.69) is 73.1 Å². The number of rotatable bonds is 4. The lowest BCUT2D eigenvalue weighted by Gasteiger charge is -2.37. The SMILES string of the molecule is Brc1ccc(N2CCN(Cc3cc4c(c5ncccc35)OCN(C3CCCCCC3)C4)CC2)cc1. The van der Waals surface area contributed by atoms with Crippen LogP contribution in [0.2, 0.25) is 0 Å². The van der Waals surface area contributed by atoms with Gasteiger partial charge in [0.25, 0.3) is 0 Å². The molecule has 5 nitrogen and oxygen atoms in total. The Balaban J connectivity index is 1.20. The summed E-state index contributed by atoms with van der Waals surface area (Å²) in [7, 11) is 0. The van der Waals surface area contributed by atoms with Crippen LogP contribution in [0, 0.1) is 0 Å². The van der Waals surface area contributed by atoms with E-state index in [4.69, 9.17) is 9.72 Å². The summed E-state index contributed by atoms with van der Waals surface area (Å²) in [5, 5.41) is 1.24.